The third-order valence-electron chi connectivity index (χ3n) is 3.15. The summed E-state index contributed by atoms with van der Waals surface area (Å²) in [5, 5.41) is 4.53. The van der Waals surface area contributed by atoms with Gasteiger partial charge in [0.2, 0.25) is 5.88 Å². The maximum atomic E-state index is 6.13. The maximum absolute atomic E-state index is 6.13. The minimum atomic E-state index is 0.505. The molecule has 1 aromatic carbocycles. The zero-order chi connectivity index (χ0) is 14.8. The summed E-state index contributed by atoms with van der Waals surface area (Å²) in [6, 6.07) is 7.73. The number of nitrogens with zero attached hydrogens (tertiary/aromatic N) is 1. The molecule has 3 nitrogen and oxygen atoms in total. The first kappa shape index (κ1) is 15.1. The van der Waals surface area contributed by atoms with Crippen LogP contribution in [0, 0.1) is 0 Å². The predicted octanol–water partition coefficient (Wildman–Crippen LogP) is 5.20. The fourth-order valence-corrected chi connectivity index (χ4v) is 2.59. The average Bonchev–Trinajstić information content (AvgIpc) is 3.27. The summed E-state index contributed by atoms with van der Waals surface area (Å²) in [5.74, 6) is 1.04. The number of rotatable bonds is 5. The van der Waals surface area contributed by atoms with Crippen LogP contribution in [-0.2, 0) is 6.54 Å². The third-order valence-corrected chi connectivity index (χ3v) is 4.13. The maximum Gasteiger partial charge on any atom is 0.223 e. The van der Waals surface area contributed by atoms with E-state index < -0.39 is 0 Å². The van der Waals surface area contributed by atoms with Crippen LogP contribution in [0.1, 0.15) is 18.4 Å². The number of benzene rings is 1. The first-order valence-electron chi connectivity index (χ1n) is 6.62. The second-order valence-corrected chi connectivity index (χ2v) is 6.71. The van der Waals surface area contributed by atoms with Gasteiger partial charge in [0.1, 0.15) is 5.75 Å². The molecule has 110 valence electrons. The molecule has 21 heavy (non-hydrogen) atoms. The lowest BCUT2D eigenvalue weighted by Gasteiger charge is -2.12. The van der Waals surface area contributed by atoms with Crippen LogP contribution in [-0.4, -0.2) is 11.0 Å². The van der Waals surface area contributed by atoms with E-state index in [0.717, 1.165) is 10.0 Å². The Bertz CT molecular complexity index is 662. The molecule has 1 fully saturated rings. The van der Waals surface area contributed by atoms with Crippen molar-refractivity contribution in [2.45, 2.75) is 25.4 Å². The highest BCUT2D eigenvalue weighted by Crippen LogP contribution is 2.33. The van der Waals surface area contributed by atoms with Gasteiger partial charge in [-0.25, -0.2) is 4.98 Å². The zero-order valence-corrected chi connectivity index (χ0v) is 14.2. The van der Waals surface area contributed by atoms with Gasteiger partial charge in [-0.3, -0.25) is 0 Å². The number of nitrogens with one attached hydrogen (secondary N) is 1. The van der Waals surface area contributed by atoms with Crippen LogP contribution in [0.4, 0.5) is 0 Å². The Balaban J connectivity index is 1.84. The Morgan fingerprint density at radius 1 is 1.29 bits per heavy atom. The van der Waals surface area contributed by atoms with E-state index in [0.29, 0.717) is 34.3 Å². The van der Waals surface area contributed by atoms with Crippen LogP contribution < -0.4 is 10.1 Å². The highest BCUT2D eigenvalue weighted by Gasteiger charge is 2.21. The minimum absolute atomic E-state index is 0.505. The second kappa shape index (κ2) is 6.53. The summed E-state index contributed by atoms with van der Waals surface area (Å²) < 4.78 is 6.76. The summed E-state index contributed by atoms with van der Waals surface area (Å²) in [4.78, 5) is 4.33. The number of ether oxygens (including phenoxy) is 1. The van der Waals surface area contributed by atoms with Gasteiger partial charge >= 0.3 is 0 Å². The van der Waals surface area contributed by atoms with Gasteiger partial charge in [0.05, 0.1) is 5.02 Å². The molecule has 0 aliphatic heterocycles. The molecule has 0 unspecified atom stereocenters. The first-order valence-corrected chi connectivity index (χ1v) is 8.17. The molecule has 3 rings (SSSR count). The molecule has 6 heteroatoms. The quantitative estimate of drug-likeness (QED) is 0.765. The SMILES string of the molecule is Clc1ccc(Cl)c(Oc2ncc(Br)cc2CNC2CC2)c1. The molecular weight excluding hydrogens is 375 g/mol. The van der Waals surface area contributed by atoms with Crippen molar-refractivity contribution < 1.29 is 4.74 Å². The van der Waals surface area contributed by atoms with Crippen LogP contribution in [0.3, 0.4) is 0 Å². The Morgan fingerprint density at radius 2 is 2.10 bits per heavy atom. The highest BCUT2D eigenvalue weighted by molar-refractivity contribution is 9.10. The second-order valence-electron chi connectivity index (χ2n) is 4.95. The summed E-state index contributed by atoms with van der Waals surface area (Å²) in [5.41, 5.74) is 0.979. The van der Waals surface area contributed by atoms with E-state index in [2.05, 4.69) is 26.2 Å². The van der Waals surface area contributed by atoms with Crippen molar-refractivity contribution in [2.75, 3.05) is 0 Å². The van der Waals surface area contributed by atoms with E-state index in [1.807, 2.05) is 6.07 Å². The summed E-state index contributed by atoms with van der Waals surface area (Å²) >= 11 is 15.5. The van der Waals surface area contributed by atoms with E-state index in [1.165, 1.54) is 12.8 Å². The lowest BCUT2D eigenvalue weighted by molar-refractivity contribution is 0.452. The Labute approximate surface area is 141 Å². The Morgan fingerprint density at radius 3 is 2.86 bits per heavy atom. The molecule has 1 aromatic heterocycles. The molecule has 1 saturated carbocycles. The fraction of sp³-hybridized carbons (Fsp3) is 0.267. The fourth-order valence-electron chi connectivity index (χ4n) is 1.89. The number of hydrogen-bond donors (Lipinski definition) is 1. The summed E-state index contributed by atoms with van der Waals surface area (Å²) in [6.45, 7) is 0.713. The molecule has 0 atom stereocenters. The molecule has 2 aromatic rings. The number of hydrogen-bond acceptors (Lipinski definition) is 3. The molecule has 0 amide bonds. The van der Waals surface area contributed by atoms with E-state index in [1.54, 1.807) is 24.4 Å². The van der Waals surface area contributed by atoms with Gasteiger partial charge in [-0.15, -0.1) is 0 Å². The van der Waals surface area contributed by atoms with Gasteiger partial charge < -0.3 is 10.1 Å². The van der Waals surface area contributed by atoms with Gasteiger partial charge in [0.15, 0.2) is 0 Å². The molecule has 1 aliphatic rings. The largest absolute Gasteiger partial charge is 0.437 e. The van der Waals surface area contributed by atoms with Crippen molar-refractivity contribution in [1.29, 1.82) is 0 Å². The molecule has 0 spiro atoms. The van der Waals surface area contributed by atoms with Gasteiger partial charge in [-0.05, 0) is 47.0 Å². The summed E-state index contributed by atoms with van der Waals surface area (Å²) in [7, 11) is 0. The third kappa shape index (κ3) is 4.10. The van der Waals surface area contributed by atoms with Crippen LogP contribution in [0.15, 0.2) is 34.9 Å². The normalized spacial score (nSPS) is 14.2. The van der Waals surface area contributed by atoms with Gasteiger partial charge in [-0.2, -0.15) is 0 Å². The van der Waals surface area contributed by atoms with Gasteiger partial charge in [-0.1, -0.05) is 23.2 Å². The predicted molar refractivity (Wildman–Crippen MR) is 88.3 cm³/mol. The van der Waals surface area contributed by atoms with Crippen molar-refractivity contribution in [3.05, 3.63) is 50.5 Å². The van der Waals surface area contributed by atoms with Gasteiger partial charge in [0, 0.05) is 39.9 Å². The zero-order valence-electron chi connectivity index (χ0n) is 11.1. The first-order chi connectivity index (χ1) is 10.1. The standard InChI is InChI=1S/C15H13BrCl2N2O/c16-10-5-9(7-19-12-2-3-12)15(20-8-10)21-14-6-11(17)1-4-13(14)18/h1,4-6,8,12,19H,2-3,7H2. The number of halogens is 3. The van der Waals surface area contributed by atoms with Crippen LogP contribution in [0.25, 0.3) is 0 Å². The van der Waals surface area contributed by atoms with E-state index in [9.17, 15) is 0 Å². The average molecular weight is 388 g/mol. The highest BCUT2D eigenvalue weighted by atomic mass is 79.9. The lowest BCUT2D eigenvalue weighted by Crippen LogP contribution is -2.16. The van der Waals surface area contributed by atoms with E-state index >= 15 is 0 Å². The summed E-state index contributed by atoms with van der Waals surface area (Å²) in [6.07, 6.45) is 4.17. The molecule has 0 bridgehead atoms. The molecule has 0 radical (unpaired) electrons. The van der Waals surface area contributed by atoms with Crippen molar-refractivity contribution in [2.24, 2.45) is 0 Å². The monoisotopic (exact) mass is 386 g/mol. The van der Waals surface area contributed by atoms with Gasteiger partial charge in [0.25, 0.3) is 0 Å². The molecular formula is C15H13BrCl2N2O. The van der Waals surface area contributed by atoms with E-state index in [4.69, 9.17) is 27.9 Å². The molecule has 1 heterocycles. The van der Waals surface area contributed by atoms with Crippen molar-refractivity contribution in [1.82, 2.24) is 10.3 Å². The Hall–Kier alpha value is -0.810. The number of aromatic nitrogens is 1. The molecule has 1 N–H and O–H groups in total. The Kier molecular flexibility index (Phi) is 4.69. The van der Waals surface area contributed by atoms with Crippen LogP contribution >= 0.6 is 39.1 Å². The minimum Gasteiger partial charge on any atom is -0.437 e. The molecule has 1 aliphatic carbocycles. The number of pyridine rings is 1. The van der Waals surface area contributed by atoms with Crippen molar-refractivity contribution in [3.63, 3.8) is 0 Å². The van der Waals surface area contributed by atoms with E-state index in [-0.39, 0.29) is 0 Å². The topological polar surface area (TPSA) is 34.1 Å². The van der Waals surface area contributed by atoms with Crippen LogP contribution in [0.2, 0.25) is 10.0 Å². The smallest absolute Gasteiger partial charge is 0.223 e. The van der Waals surface area contributed by atoms with Crippen molar-refractivity contribution >= 4 is 39.1 Å². The molecule has 0 saturated heterocycles. The van der Waals surface area contributed by atoms with Crippen molar-refractivity contribution in [3.8, 4) is 11.6 Å². The lowest BCUT2D eigenvalue weighted by atomic mass is 10.2. The van der Waals surface area contributed by atoms with Crippen LogP contribution in [0.5, 0.6) is 11.6 Å².